The Bertz CT molecular complexity index is 312. The summed E-state index contributed by atoms with van der Waals surface area (Å²) in [6.45, 7) is 6.13. The van der Waals surface area contributed by atoms with Crippen molar-refractivity contribution in [2.75, 3.05) is 6.61 Å². The summed E-state index contributed by atoms with van der Waals surface area (Å²) in [5, 5.41) is 0. The first kappa shape index (κ1) is 9.04. The molecule has 1 unspecified atom stereocenters. The van der Waals surface area contributed by atoms with Gasteiger partial charge in [0.15, 0.2) is 0 Å². The first-order chi connectivity index (χ1) is 7.17. The molecule has 0 amide bonds. The van der Waals surface area contributed by atoms with E-state index < -0.39 is 0 Å². The van der Waals surface area contributed by atoms with Gasteiger partial charge in [-0.25, -0.2) is 0 Å². The van der Waals surface area contributed by atoms with Gasteiger partial charge in [0.25, 0.3) is 0 Å². The topological polar surface area (TPSA) is 9.23 Å². The normalized spacial score (nSPS) is 66.0. The van der Waals surface area contributed by atoms with Gasteiger partial charge in [0.05, 0.1) is 12.7 Å². The summed E-state index contributed by atoms with van der Waals surface area (Å²) in [4.78, 5) is 0. The van der Waals surface area contributed by atoms with E-state index in [1.807, 2.05) is 0 Å². The van der Waals surface area contributed by atoms with E-state index in [1.54, 1.807) is 0 Å². The Hall–Kier alpha value is -0.0400. The van der Waals surface area contributed by atoms with E-state index in [4.69, 9.17) is 4.74 Å². The quantitative estimate of drug-likeness (QED) is 0.591. The summed E-state index contributed by atoms with van der Waals surface area (Å²) < 4.78 is 6.05. The number of fused-ring (bicyclic) bond motifs is 1. The summed E-state index contributed by atoms with van der Waals surface area (Å²) in [5.74, 6) is 2.90. The number of hydrogen-bond donors (Lipinski definition) is 0. The maximum atomic E-state index is 6.05. The minimum absolute atomic E-state index is 0.561. The lowest BCUT2D eigenvalue weighted by molar-refractivity contribution is -0.0129. The highest BCUT2D eigenvalue weighted by Crippen LogP contribution is 2.73. The molecule has 0 aromatic carbocycles. The van der Waals surface area contributed by atoms with E-state index in [1.165, 1.54) is 32.1 Å². The zero-order chi connectivity index (χ0) is 10.3. The highest BCUT2D eigenvalue weighted by Gasteiger charge is 2.69. The molecule has 2 bridgehead atoms. The second kappa shape index (κ2) is 2.45. The molecule has 1 saturated heterocycles. The second-order valence-electron chi connectivity index (χ2n) is 6.97. The van der Waals surface area contributed by atoms with Crippen molar-refractivity contribution in [3.05, 3.63) is 0 Å². The maximum Gasteiger partial charge on any atom is 0.0610 e. The number of ether oxygens (including phenoxy) is 1. The molecule has 4 fully saturated rings. The molecule has 0 N–H and O–H groups in total. The Balaban J connectivity index is 1.86. The first-order valence-corrected chi connectivity index (χ1v) is 6.78. The van der Waals surface area contributed by atoms with E-state index in [2.05, 4.69) is 13.8 Å². The summed E-state index contributed by atoms with van der Waals surface area (Å²) in [5.41, 5.74) is 1.31. The van der Waals surface area contributed by atoms with Gasteiger partial charge >= 0.3 is 0 Å². The van der Waals surface area contributed by atoms with Crippen LogP contribution in [0.4, 0.5) is 0 Å². The number of hydrogen-bond acceptors (Lipinski definition) is 1. The van der Waals surface area contributed by atoms with Gasteiger partial charge in [-0.05, 0) is 60.7 Å². The predicted molar refractivity (Wildman–Crippen MR) is 59.5 cm³/mol. The lowest BCUT2D eigenvalue weighted by atomic mass is 9.66. The van der Waals surface area contributed by atoms with Crippen molar-refractivity contribution in [1.29, 1.82) is 0 Å². The molecule has 1 spiro atoms. The van der Waals surface area contributed by atoms with Crippen LogP contribution in [0.15, 0.2) is 0 Å². The lowest BCUT2D eigenvalue weighted by Crippen LogP contribution is -2.35. The van der Waals surface area contributed by atoms with Crippen LogP contribution in [0.2, 0.25) is 0 Å². The van der Waals surface area contributed by atoms with Crippen molar-refractivity contribution in [3.8, 4) is 0 Å². The van der Waals surface area contributed by atoms with Crippen molar-refractivity contribution in [2.24, 2.45) is 28.6 Å². The van der Waals surface area contributed by atoms with Gasteiger partial charge in [-0.3, -0.25) is 0 Å². The Morgan fingerprint density at radius 3 is 2.93 bits per heavy atom. The third-order valence-corrected chi connectivity index (χ3v) is 6.76. The van der Waals surface area contributed by atoms with Gasteiger partial charge in [-0.1, -0.05) is 13.8 Å². The molecule has 1 heteroatoms. The third-order valence-electron chi connectivity index (χ3n) is 6.76. The number of rotatable bonds is 0. The molecular formula is C14H22O. The molecule has 0 aromatic rings. The zero-order valence-corrected chi connectivity index (χ0v) is 9.96. The van der Waals surface area contributed by atoms with Gasteiger partial charge in [-0.2, -0.15) is 0 Å². The predicted octanol–water partition coefficient (Wildman–Crippen LogP) is 3.24. The molecule has 3 aliphatic carbocycles. The molecule has 3 saturated carbocycles. The van der Waals surface area contributed by atoms with E-state index in [-0.39, 0.29) is 0 Å². The molecule has 4 rings (SSSR count). The molecule has 1 nitrogen and oxygen atoms in total. The van der Waals surface area contributed by atoms with Gasteiger partial charge in [-0.15, -0.1) is 0 Å². The van der Waals surface area contributed by atoms with Crippen molar-refractivity contribution in [2.45, 2.75) is 52.1 Å². The Labute approximate surface area is 92.6 Å². The third kappa shape index (κ3) is 0.800. The fourth-order valence-corrected chi connectivity index (χ4v) is 5.95. The van der Waals surface area contributed by atoms with Crippen molar-refractivity contribution < 1.29 is 4.74 Å². The fraction of sp³-hybridized carbons (Fsp3) is 1.00. The molecular weight excluding hydrogens is 184 g/mol. The van der Waals surface area contributed by atoms with Crippen LogP contribution in [0, 0.1) is 28.6 Å². The first-order valence-electron chi connectivity index (χ1n) is 6.78. The van der Waals surface area contributed by atoms with Crippen molar-refractivity contribution in [3.63, 3.8) is 0 Å². The van der Waals surface area contributed by atoms with Gasteiger partial charge in [0, 0.05) is 0 Å². The van der Waals surface area contributed by atoms with Crippen LogP contribution in [0.5, 0.6) is 0 Å². The van der Waals surface area contributed by atoms with E-state index >= 15 is 0 Å². The van der Waals surface area contributed by atoms with Gasteiger partial charge in [0.2, 0.25) is 0 Å². The van der Waals surface area contributed by atoms with Crippen LogP contribution in [0.3, 0.4) is 0 Å². The van der Waals surface area contributed by atoms with E-state index in [0.29, 0.717) is 11.5 Å². The zero-order valence-electron chi connectivity index (χ0n) is 9.96. The lowest BCUT2D eigenvalue weighted by Gasteiger charge is -2.41. The molecule has 84 valence electrons. The molecule has 15 heavy (non-hydrogen) atoms. The Morgan fingerprint density at radius 1 is 1.20 bits per heavy atom. The van der Waals surface area contributed by atoms with Crippen molar-refractivity contribution >= 4 is 0 Å². The highest BCUT2D eigenvalue weighted by molar-refractivity contribution is 5.17. The largest absolute Gasteiger partial charge is 0.377 e. The summed E-state index contributed by atoms with van der Waals surface area (Å²) in [6.07, 6.45) is 7.94. The molecule has 1 aliphatic heterocycles. The molecule has 1 heterocycles. The molecule has 4 aliphatic rings. The average molecular weight is 206 g/mol. The van der Waals surface area contributed by atoms with Crippen LogP contribution in [-0.4, -0.2) is 12.7 Å². The summed E-state index contributed by atoms with van der Waals surface area (Å²) in [7, 11) is 0. The average Bonchev–Trinajstić information content (AvgIpc) is 2.75. The van der Waals surface area contributed by atoms with Crippen LogP contribution >= 0.6 is 0 Å². The van der Waals surface area contributed by atoms with Gasteiger partial charge < -0.3 is 4.74 Å². The second-order valence-corrected chi connectivity index (χ2v) is 6.97. The molecule has 0 radical (unpaired) electrons. The highest BCUT2D eigenvalue weighted by atomic mass is 16.5. The van der Waals surface area contributed by atoms with E-state index in [9.17, 15) is 0 Å². The van der Waals surface area contributed by atoms with Crippen LogP contribution < -0.4 is 0 Å². The molecule has 0 aromatic heterocycles. The monoisotopic (exact) mass is 206 g/mol. The van der Waals surface area contributed by atoms with E-state index in [0.717, 1.165) is 29.8 Å². The minimum Gasteiger partial charge on any atom is -0.377 e. The van der Waals surface area contributed by atoms with Crippen molar-refractivity contribution in [1.82, 2.24) is 0 Å². The van der Waals surface area contributed by atoms with Gasteiger partial charge in [0.1, 0.15) is 0 Å². The summed E-state index contributed by atoms with van der Waals surface area (Å²) in [6, 6.07) is 0. The minimum atomic E-state index is 0.561. The fourth-order valence-electron chi connectivity index (χ4n) is 5.95. The SMILES string of the molecule is C[C@@H]1CCC2[C@]13CC[C@H]1OC[C@]2(C)[C@H]1C3. The maximum absolute atomic E-state index is 6.05. The smallest absolute Gasteiger partial charge is 0.0610 e. The summed E-state index contributed by atoms with van der Waals surface area (Å²) >= 11 is 0. The standard InChI is InChI=1S/C14H22O/c1-9-3-4-12-13(2)8-15-11-5-6-14(9,12)7-10(11)13/h9-12H,3-8H2,1-2H3/t9-,10+,11-,12?,13-,14+/m1/s1. The molecule has 6 atom stereocenters. The van der Waals surface area contributed by atoms with Crippen LogP contribution in [0.25, 0.3) is 0 Å². The Morgan fingerprint density at radius 2 is 2.07 bits per heavy atom. The Kier molecular flexibility index (Phi) is 1.47. The van der Waals surface area contributed by atoms with Crippen LogP contribution in [-0.2, 0) is 4.74 Å². The van der Waals surface area contributed by atoms with Crippen LogP contribution in [0.1, 0.15) is 46.0 Å².